The first kappa shape index (κ1) is 10.7. The van der Waals surface area contributed by atoms with E-state index >= 15 is 0 Å². The van der Waals surface area contributed by atoms with Gasteiger partial charge in [-0.05, 0) is 0 Å². The normalized spacial score (nSPS) is 16.6. The van der Waals surface area contributed by atoms with Crippen molar-refractivity contribution < 1.29 is 14.4 Å². The summed E-state index contributed by atoms with van der Waals surface area (Å²) in [7, 11) is 1.74. The molecule has 1 amide bonds. The molecule has 2 rings (SSSR count). The molecule has 0 aromatic carbocycles. The van der Waals surface area contributed by atoms with Crippen molar-refractivity contribution in [1.82, 2.24) is 14.6 Å². The maximum Gasteiger partial charge on any atom is 0.240 e. The SMILES string of the molecule is CN1COc2c(ncn2CC(N)=O)NCO1. The van der Waals surface area contributed by atoms with Crippen molar-refractivity contribution in [2.45, 2.75) is 6.54 Å². The van der Waals surface area contributed by atoms with E-state index in [1.165, 1.54) is 11.4 Å². The van der Waals surface area contributed by atoms with E-state index in [0.29, 0.717) is 18.4 Å². The predicted molar refractivity (Wildman–Crippen MR) is 54.3 cm³/mol. The molecule has 8 heteroatoms. The van der Waals surface area contributed by atoms with Gasteiger partial charge < -0.3 is 15.8 Å². The third kappa shape index (κ3) is 2.23. The molecular weight excluding hydrogens is 214 g/mol. The number of imidazole rings is 1. The lowest BCUT2D eigenvalue weighted by Crippen LogP contribution is -2.30. The van der Waals surface area contributed by atoms with E-state index in [9.17, 15) is 4.79 Å². The zero-order valence-electron chi connectivity index (χ0n) is 8.84. The van der Waals surface area contributed by atoms with Gasteiger partial charge in [-0.2, -0.15) is 5.06 Å². The Morgan fingerprint density at radius 1 is 1.75 bits per heavy atom. The fourth-order valence-electron chi connectivity index (χ4n) is 1.32. The zero-order chi connectivity index (χ0) is 11.5. The van der Waals surface area contributed by atoms with Gasteiger partial charge in [-0.15, -0.1) is 0 Å². The molecule has 1 aliphatic rings. The standard InChI is InChI=1S/C8H13N5O3/c1-12-5-15-8-7(11-4-16-12)10-3-13(8)2-6(9)14/h3,11H,2,4-5H2,1H3,(H2,9,14). The molecule has 0 saturated carbocycles. The fraction of sp³-hybridized carbons (Fsp3) is 0.500. The first-order chi connectivity index (χ1) is 7.66. The zero-order valence-corrected chi connectivity index (χ0v) is 8.84. The fourth-order valence-corrected chi connectivity index (χ4v) is 1.32. The van der Waals surface area contributed by atoms with E-state index in [0.717, 1.165) is 0 Å². The average Bonchev–Trinajstić information content (AvgIpc) is 2.53. The molecule has 0 unspecified atom stereocenters. The van der Waals surface area contributed by atoms with Gasteiger partial charge in [0, 0.05) is 7.05 Å². The van der Waals surface area contributed by atoms with Gasteiger partial charge in [-0.25, -0.2) is 4.98 Å². The second kappa shape index (κ2) is 4.37. The molecule has 16 heavy (non-hydrogen) atoms. The van der Waals surface area contributed by atoms with Crippen LogP contribution in [0.15, 0.2) is 6.33 Å². The van der Waals surface area contributed by atoms with Crippen molar-refractivity contribution in [2.75, 3.05) is 25.8 Å². The predicted octanol–water partition coefficient (Wildman–Crippen LogP) is -1.05. The molecule has 3 N–H and O–H groups in total. The minimum atomic E-state index is -0.449. The van der Waals surface area contributed by atoms with Crippen LogP contribution in [0.2, 0.25) is 0 Å². The quantitative estimate of drug-likeness (QED) is 0.669. The third-order valence-electron chi connectivity index (χ3n) is 2.02. The Hall–Kier alpha value is -1.80. The van der Waals surface area contributed by atoms with Gasteiger partial charge in [-0.1, -0.05) is 0 Å². The van der Waals surface area contributed by atoms with Crippen LogP contribution in [0.4, 0.5) is 5.82 Å². The van der Waals surface area contributed by atoms with Crippen molar-refractivity contribution in [3.05, 3.63) is 6.33 Å². The number of nitrogens with two attached hydrogens (primary N) is 1. The van der Waals surface area contributed by atoms with Crippen molar-refractivity contribution in [3.63, 3.8) is 0 Å². The molecule has 1 aromatic heterocycles. The van der Waals surface area contributed by atoms with Gasteiger partial charge in [0.1, 0.15) is 19.6 Å². The highest BCUT2D eigenvalue weighted by atomic mass is 16.7. The minimum Gasteiger partial charge on any atom is -0.458 e. The number of ether oxygens (including phenoxy) is 1. The number of nitrogens with one attached hydrogen (secondary N) is 1. The summed E-state index contributed by atoms with van der Waals surface area (Å²) in [5, 5.41) is 4.44. The maximum absolute atomic E-state index is 10.8. The minimum absolute atomic E-state index is 0.0363. The summed E-state index contributed by atoms with van der Waals surface area (Å²) in [5.74, 6) is 0.568. The third-order valence-corrected chi connectivity index (χ3v) is 2.02. The van der Waals surface area contributed by atoms with Crippen LogP contribution in [0.1, 0.15) is 0 Å². The van der Waals surface area contributed by atoms with Gasteiger partial charge in [0.05, 0.1) is 0 Å². The van der Waals surface area contributed by atoms with Crippen LogP contribution in [0, 0.1) is 0 Å². The van der Waals surface area contributed by atoms with Crippen molar-refractivity contribution >= 4 is 11.7 Å². The molecule has 1 aromatic rings. The monoisotopic (exact) mass is 227 g/mol. The van der Waals surface area contributed by atoms with Crippen LogP contribution in [-0.4, -0.2) is 41.0 Å². The lowest BCUT2D eigenvalue weighted by atomic mass is 10.5. The molecule has 0 aliphatic carbocycles. The highest BCUT2D eigenvalue weighted by molar-refractivity contribution is 5.74. The number of carbonyl (C=O) groups is 1. The van der Waals surface area contributed by atoms with Gasteiger partial charge in [0.25, 0.3) is 0 Å². The molecular formula is C8H13N5O3. The smallest absolute Gasteiger partial charge is 0.240 e. The molecule has 88 valence electrons. The highest BCUT2D eigenvalue weighted by Crippen LogP contribution is 2.23. The second-order valence-corrected chi connectivity index (χ2v) is 3.34. The molecule has 0 radical (unpaired) electrons. The number of aromatic nitrogens is 2. The van der Waals surface area contributed by atoms with Gasteiger partial charge >= 0.3 is 0 Å². The Kier molecular flexibility index (Phi) is 2.93. The number of carbonyl (C=O) groups excluding carboxylic acids is 1. The van der Waals surface area contributed by atoms with Gasteiger partial charge in [-0.3, -0.25) is 14.2 Å². The van der Waals surface area contributed by atoms with E-state index in [2.05, 4.69) is 10.3 Å². The van der Waals surface area contributed by atoms with Crippen molar-refractivity contribution in [1.29, 1.82) is 0 Å². The Balaban J connectivity index is 2.20. The number of fused-ring (bicyclic) bond motifs is 1. The summed E-state index contributed by atoms with van der Waals surface area (Å²) < 4.78 is 6.99. The molecule has 0 spiro atoms. The van der Waals surface area contributed by atoms with E-state index < -0.39 is 5.91 Å². The van der Waals surface area contributed by atoms with E-state index in [4.69, 9.17) is 15.3 Å². The summed E-state index contributed by atoms with van der Waals surface area (Å²) >= 11 is 0. The number of anilines is 1. The van der Waals surface area contributed by atoms with Crippen molar-refractivity contribution in [2.24, 2.45) is 5.73 Å². The topological polar surface area (TPSA) is 94.6 Å². The number of hydrogen-bond donors (Lipinski definition) is 2. The van der Waals surface area contributed by atoms with Crippen LogP contribution in [0.25, 0.3) is 0 Å². The highest BCUT2D eigenvalue weighted by Gasteiger charge is 2.17. The lowest BCUT2D eigenvalue weighted by Gasteiger charge is -2.21. The summed E-state index contributed by atoms with van der Waals surface area (Å²) in [5.41, 5.74) is 5.12. The van der Waals surface area contributed by atoms with Crippen molar-refractivity contribution in [3.8, 4) is 5.88 Å². The number of nitrogens with zero attached hydrogens (tertiary/aromatic N) is 3. The van der Waals surface area contributed by atoms with Crippen LogP contribution >= 0.6 is 0 Å². The maximum atomic E-state index is 10.8. The molecule has 0 atom stereocenters. The molecule has 1 aliphatic heterocycles. The van der Waals surface area contributed by atoms with E-state index in [1.54, 1.807) is 11.6 Å². The number of primary amides is 1. The van der Waals surface area contributed by atoms with Crippen LogP contribution in [0.5, 0.6) is 5.88 Å². The first-order valence-corrected chi connectivity index (χ1v) is 4.71. The Morgan fingerprint density at radius 3 is 3.31 bits per heavy atom. The first-order valence-electron chi connectivity index (χ1n) is 4.71. The summed E-state index contributed by atoms with van der Waals surface area (Å²) in [6, 6.07) is 0. The number of rotatable bonds is 2. The van der Waals surface area contributed by atoms with Crippen LogP contribution in [0.3, 0.4) is 0 Å². The Morgan fingerprint density at radius 2 is 2.56 bits per heavy atom. The lowest BCUT2D eigenvalue weighted by molar-refractivity contribution is -0.169. The Bertz CT molecular complexity index is 391. The van der Waals surface area contributed by atoms with Gasteiger partial charge in [0.15, 0.2) is 12.5 Å². The van der Waals surface area contributed by atoms with E-state index in [1.807, 2.05) is 0 Å². The van der Waals surface area contributed by atoms with E-state index in [-0.39, 0.29) is 13.3 Å². The van der Waals surface area contributed by atoms with Gasteiger partial charge in [0.2, 0.25) is 11.8 Å². The summed E-state index contributed by atoms with van der Waals surface area (Å²) in [4.78, 5) is 20.1. The molecule has 0 bridgehead atoms. The summed E-state index contributed by atoms with van der Waals surface area (Å²) in [6.45, 7) is 0.578. The number of hydrogen-bond acceptors (Lipinski definition) is 6. The number of amides is 1. The molecule has 8 nitrogen and oxygen atoms in total. The Labute approximate surface area is 91.9 Å². The second-order valence-electron chi connectivity index (χ2n) is 3.34. The van der Waals surface area contributed by atoms with Crippen LogP contribution in [-0.2, 0) is 16.2 Å². The largest absolute Gasteiger partial charge is 0.458 e. The summed E-state index contributed by atoms with van der Waals surface area (Å²) in [6.07, 6.45) is 1.49. The van der Waals surface area contributed by atoms with Crippen LogP contribution < -0.4 is 15.8 Å². The average molecular weight is 227 g/mol. The molecule has 0 saturated heterocycles. The molecule has 0 fully saturated rings. The number of hydroxylamine groups is 2. The molecule has 2 heterocycles.